The van der Waals surface area contributed by atoms with E-state index in [1.54, 1.807) is 11.1 Å². The summed E-state index contributed by atoms with van der Waals surface area (Å²) in [7, 11) is 2.30. The molecule has 2 heterocycles. The topological polar surface area (TPSA) is 23.5 Å². The van der Waals surface area contributed by atoms with Crippen molar-refractivity contribution < 1.29 is 5.11 Å². The molecule has 1 aromatic carbocycles. The molecule has 1 N–H and O–H groups in total. The number of hydrogen-bond donors (Lipinski definition) is 1. The van der Waals surface area contributed by atoms with E-state index < -0.39 is 0 Å². The van der Waals surface area contributed by atoms with Gasteiger partial charge in [0.25, 0.3) is 0 Å². The van der Waals surface area contributed by atoms with Crippen LogP contribution in [0.4, 0.5) is 0 Å². The van der Waals surface area contributed by atoms with Gasteiger partial charge in [0, 0.05) is 23.4 Å². The summed E-state index contributed by atoms with van der Waals surface area (Å²) in [4.78, 5) is 2.61. The normalized spacial score (nSPS) is 42.7. The summed E-state index contributed by atoms with van der Waals surface area (Å²) in [5, 5.41) is 10.2. The second kappa shape index (κ2) is 4.57. The first-order valence-electron chi connectivity index (χ1n) is 8.57. The summed E-state index contributed by atoms with van der Waals surface area (Å²) in [5.74, 6) is 1.17. The summed E-state index contributed by atoms with van der Waals surface area (Å²) in [6.45, 7) is 4.36. The molecule has 5 rings (SSSR count). The lowest BCUT2D eigenvalue weighted by atomic mass is 9.48. The van der Waals surface area contributed by atoms with E-state index in [0.717, 1.165) is 0 Å². The maximum atomic E-state index is 10.2. The molecule has 1 saturated carbocycles. The summed E-state index contributed by atoms with van der Waals surface area (Å²) in [6.07, 6.45) is 4.70. The molecule has 6 atom stereocenters. The highest BCUT2D eigenvalue weighted by Crippen LogP contribution is 2.59. The molecule has 2 saturated heterocycles. The Hall–Kier alpha value is -0.860. The van der Waals surface area contributed by atoms with Crippen LogP contribution in [-0.2, 0) is 11.8 Å². The lowest BCUT2D eigenvalue weighted by Crippen LogP contribution is -2.69. The van der Waals surface area contributed by atoms with Gasteiger partial charge < -0.3 is 5.11 Å². The molecule has 3 fully saturated rings. The Labute approximate surface area is 128 Å². The maximum Gasteiger partial charge on any atom is 0.0555 e. The van der Waals surface area contributed by atoms with Gasteiger partial charge in [0.2, 0.25) is 0 Å². The second-order valence-electron chi connectivity index (χ2n) is 7.62. The fraction of sp³-hybridized carbons (Fsp3) is 0.684. The van der Waals surface area contributed by atoms with Crippen molar-refractivity contribution in [2.24, 2.45) is 11.8 Å². The number of rotatable bonds is 2. The van der Waals surface area contributed by atoms with E-state index >= 15 is 0 Å². The van der Waals surface area contributed by atoms with Crippen molar-refractivity contribution in [1.29, 1.82) is 0 Å². The third-order valence-corrected chi connectivity index (χ3v) is 7.05. The predicted molar refractivity (Wildman–Crippen MR) is 85.3 cm³/mol. The minimum atomic E-state index is -0.176. The third kappa shape index (κ3) is 1.66. The molecule has 0 radical (unpaired) electrons. The highest BCUT2D eigenvalue weighted by atomic mass is 16.3. The molecule has 4 unspecified atom stereocenters. The van der Waals surface area contributed by atoms with Gasteiger partial charge in [0.05, 0.1) is 6.10 Å². The van der Waals surface area contributed by atoms with Crippen molar-refractivity contribution in [2.75, 3.05) is 7.05 Å². The minimum absolute atomic E-state index is 0.176. The lowest BCUT2D eigenvalue weighted by Gasteiger charge is -2.65. The SMILES string of the molecule is CC[C@@]12CC3[C@@H](C(C)O)CC1C(Cc1ccccc12)N3C. The Balaban J connectivity index is 1.84. The number of fused-ring (bicyclic) bond motifs is 2. The van der Waals surface area contributed by atoms with Crippen molar-refractivity contribution in [3.63, 3.8) is 0 Å². The van der Waals surface area contributed by atoms with Crippen molar-refractivity contribution >= 4 is 0 Å². The smallest absolute Gasteiger partial charge is 0.0555 e. The zero-order chi connectivity index (χ0) is 14.8. The predicted octanol–water partition coefficient (Wildman–Crippen LogP) is 2.98. The van der Waals surface area contributed by atoms with Gasteiger partial charge in [-0.15, -0.1) is 0 Å². The van der Waals surface area contributed by atoms with Crippen LogP contribution in [0.5, 0.6) is 0 Å². The van der Waals surface area contributed by atoms with Crippen LogP contribution in [0.2, 0.25) is 0 Å². The molecule has 2 nitrogen and oxygen atoms in total. The van der Waals surface area contributed by atoms with E-state index in [2.05, 4.69) is 43.1 Å². The van der Waals surface area contributed by atoms with E-state index in [0.29, 0.717) is 29.3 Å². The molecular weight excluding hydrogens is 258 g/mol. The van der Waals surface area contributed by atoms with Crippen LogP contribution in [0, 0.1) is 11.8 Å². The minimum Gasteiger partial charge on any atom is -0.393 e. The fourth-order valence-corrected chi connectivity index (χ4v) is 5.97. The number of piperidine rings is 2. The van der Waals surface area contributed by atoms with Crippen LogP contribution < -0.4 is 0 Å². The van der Waals surface area contributed by atoms with Gasteiger partial charge in [-0.3, -0.25) is 4.90 Å². The first-order chi connectivity index (χ1) is 10.1. The van der Waals surface area contributed by atoms with E-state index in [4.69, 9.17) is 0 Å². The van der Waals surface area contributed by atoms with Crippen LogP contribution in [0.25, 0.3) is 0 Å². The van der Waals surface area contributed by atoms with E-state index in [1.165, 1.54) is 25.7 Å². The number of aliphatic hydroxyl groups is 1. The lowest BCUT2D eigenvalue weighted by molar-refractivity contribution is -0.121. The molecule has 0 amide bonds. The van der Waals surface area contributed by atoms with Crippen LogP contribution in [0.3, 0.4) is 0 Å². The van der Waals surface area contributed by atoms with Crippen molar-refractivity contribution in [1.82, 2.24) is 4.90 Å². The zero-order valence-electron chi connectivity index (χ0n) is 13.4. The Morgan fingerprint density at radius 2 is 2.10 bits per heavy atom. The average molecular weight is 285 g/mol. The molecule has 4 bridgehead atoms. The molecule has 4 aliphatic rings. The van der Waals surface area contributed by atoms with E-state index in [1.807, 2.05) is 6.92 Å². The van der Waals surface area contributed by atoms with Crippen LogP contribution >= 0.6 is 0 Å². The van der Waals surface area contributed by atoms with Gasteiger partial charge in [-0.05, 0) is 56.7 Å². The highest BCUT2D eigenvalue weighted by molar-refractivity contribution is 5.42. The van der Waals surface area contributed by atoms with Gasteiger partial charge in [0.1, 0.15) is 0 Å². The van der Waals surface area contributed by atoms with Gasteiger partial charge in [-0.2, -0.15) is 0 Å². The van der Waals surface area contributed by atoms with Crippen LogP contribution in [0.1, 0.15) is 44.2 Å². The molecule has 114 valence electrons. The Morgan fingerprint density at radius 1 is 1.33 bits per heavy atom. The van der Waals surface area contributed by atoms with Gasteiger partial charge in [-0.1, -0.05) is 31.2 Å². The Morgan fingerprint density at radius 3 is 2.81 bits per heavy atom. The van der Waals surface area contributed by atoms with Gasteiger partial charge >= 0.3 is 0 Å². The largest absolute Gasteiger partial charge is 0.393 e. The standard InChI is InChI=1S/C19H27NO/c1-4-19-11-18-14(12(2)21)10-16(19)17(20(18)3)9-13-7-5-6-8-15(13)19/h5-8,12,14,16-18,21H,4,9-11H2,1-3H3/t12?,14-,16?,17?,18?,19+/m1/s1. The molecule has 2 aliphatic carbocycles. The molecular formula is C19H27NO. The number of nitrogens with zero attached hydrogens (tertiary/aromatic N) is 1. The summed E-state index contributed by atoms with van der Waals surface area (Å²) >= 11 is 0. The monoisotopic (exact) mass is 285 g/mol. The molecule has 0 aromatic heterocycles. The quantitative estimate of drug-likeness (QED) is 0.903. The Kier molecular flexibility index (Phi) is 3.00. The first-order valence-corrected chi connectivity index (χ1v) is 8.57. The molecule has 21 heavy (non-hydrogen) atoms. The zero-order valence-corrected chi connectivity index (χ0v) is 13.4. The summed E-state index contributed by atoms with van der Waals surface area (Å²) in [5.41, 5.74) is 3.56. The molecule has 2 heteroatoms. The first kappa shape index (κ1) is 13.8. The van der Waals surface area contributed by atoms with E-state index in [-0.39, 0.29) is 6.10 Å². The van der Waals surface area contributed by atoms with E-state index in [9.17, 15) is 5.11 Å². The van der Waals surface area contributed by atoms with Crippen molar-refractivity contribution in [3.05, 3.63) is 35.4 Å². The second-order valence-corrected chi connectivity index (χ2v) is 7.62. The number of aliphatic hydroxyl groups excluding tert-OH is 1. The average Bonchev–Trinajstić information content (AvgIpc) is 2.50. The Bertz CT molecular complexity index is 554. The molecule has 0 spiro atoms. The summed E-state index contributed by atoms with van der Waals surface area (Å²) < 4.78 is 0. The molecule has 1 aromatic rings. The number of likely N-dealkylation sites (N-methyl/N-ethyl adjacent to an activating group) is 1. The highest BCUT2D eigenvalue weighted by Gasteiger charge is 2.60. The van der Waals surface area contributed by atoms with Crippen molar-refractivity contribution in [2.45, 2.75) is 63.1 Å². The maximum absolute atomic E-state index is 10.2. The van der Waals surface area contributed by atoms with Crippen LogP contribution in [-0.4, -0.2) is 35.2 Å². The third-order valence-electron chi connectivity index (χ3n) is 7.05. The van der Waals surface area contributed by atoms with Crippen LogP contribution in [0.15, 0.2) is 24.3 Å². The van der Waals surface area contributed by atoms with Gasteiger partial charge in [0.15, 0.2) is 0 Å². The number of benzene rings is 1. The summed E-state index contributed by atoms with van der Waals surface area (Å²) in [6, 6.07) is 10.4. The van der Waals surface area contributed by atoms with Gasteiger partial charge in [-0.25, -0.2) is 0 Å². The molecule has 2 aliphatic heterocycles. The van der Waals surface area contributed by atoms with Crippen molar-refractivity contribution in [3.8, 4) is 0 Å². The fourth-order valence-electron chi connectivity index (χ4n) is 5.97. The number of hydrogen-bond acceptors (Lipinski definition) is 2.